The number of carbonyl (C=O) groups is 3. The monoisotopic (exact) mass is 459 g/mol. The molecule has 0 saturated heterocycles. The van der Waals surface area contributed by atoms with Gasteiger partial charge < -0.3 is 10.4 Å². The van der Waals surface area contributed by atoms with E-state index in [-0.39, 0.29) is 28.0 Å². The van der Waals surface area contributed by atoms with Crippen LogP contribution in [0.15, 0.2) is 47.5 Å². The second-order valence-corrected chi connectivity index (χ2v) is 9.38. The van der Waals surface area contributed by atoms with Gasteiger partial charge in [0.1, 0.15) is 5.69 Å². The molecule has 0 spiro atoms. The van der Waals surface area contributed by atoms with Crippen molar-refractivity contribution in [3.05, 3.63) is 59.4 Å². The van der Waals surface area contributed by atoms with E-state index in [1.807, 2.05) is 4.72 Å². The Bertz CT molecular complexity index is 1090. The molecule has 1 aliphatic carbocycles. The molecule has 0 bridgehead atoms. The molecule has 1 fully saturated rings. The zero-order chi connectivity index (χ0) is 23.1. The summed E-state index contributed by atoms with van der Waals surface area (Å²) in [7, 11) is -4.15. The molecular weight excluding hydrogens is 434 g/mol. The SMILES string of the molecule is O=C(NS(=O)(=O)c1cccc(CCNC(=O)C2CCCCC2)c1)c1ccc(C(=O)O)nc1. The van der Waals surface area contributed by atoms with Crippen LogP contribution in [0.2, 0.25) is 0 Å². The molecule has 1 saturated carbocycles. The van der Waals surface area contributed by atoms with E-state index in [4.69, 9.17) is 5.11 Å². The lowest BCUT2D eigenvalue weighted by molar-refractivity contribution is -0.125. The summed E-state index contributed by atoms with van der Waals surface area (Å²) in [6, 6.07) is 8.45. The summed E-state index contributed by atoms with van der Waals surface area (Å²) in [5.74, 6) is -2.07. The first-order valence-electron chi connectivity index (χ1n) is 10.4. The highest BCUT2D eigenvalue weighted by molar-refractivity contribution is 7.90. The van der Waals surface area contributed by atoms with Gasteiger partial charge >= 0.3 is 5.97 Å². The van der Waals surface area contributed by atoms with Crippen molar-refractivity contribution in [1.29, 1.82) is 0 Å². The highest BCUT2D eigenvalue weighted by Crippen LogP contribution is 2.23. The van der Waals surface area contributed by atoms with Crippen molar-refractivity contribution >= 4 is 27.8 Å². The minimum absolute atomic E-state index is 0.0447. The third-order valence-corrected chi connectivity index (χ3v) is 6.70. The highest BCUT2D eigenvalue weighted by Gasteiger charge is 2.21. The van der Waals surface area contributed by atoms with E-state index >= 15 is 0 Å². The first-order valence-corrected chi connectivity index (χ1v) is 11.9. The minimum atomic E-state index is -4.15. The lowest BCUT2D eigenvalue weighted by Crippen LogP contribution is -2.33. The van der Waals surface area contributed by atoms with Crippen LogP contribution in [0.1, 0.15) is 58.5 Å². The summed E-state index contributed by atoms with van der Waals surface area (Å²) in [6.45, 7) is 0.396. The molecule has 0 unspecified atom stereocenters. The third-order valence-electron chi connectivity index (χ3n) is 5.37. The summed E-state index contributed by atoms with van der Waals surface area (Å²) in [5, 5.41) is 11.8. The van der Waals surface area contributed by atoms with Gasteiger partial charge in [0.15, 0.2) is 0 Å². The number of nitrogens with zero attached hydrogens (tertiary/aromatic N) is 1. The van der Waals surface area contributed by atoms with E-state index in [1.54, 1.807) is 12.1 Å². The Morgan fingerprint density at radius 3 is 2.47 bits per heavy atom. The van der Waals surface area contributed by atoms with E-state index in [1.165, 1.54) is 24.6 Å². The number of benzene rings is 1. The topological polar surface area (TPSA) is 143 Å². The second-order valence-electron chi connectivity index (χ2n) is 7.70. The fourth-order valence-corrected chi connectivity index (χ4v) is 4.65. The van der Waals surface area contributed by atoms with Gasteiger partial charge in [-0.25, -0.2) is 22.9 Å². The minimum Gasteiger partial charge on any atom is -0.477 e. The molecule has 3 N–H and O–H groups in total. The summed E-state index contributed by atoms with van der Waals surface area (Å²) in [4.78, 5) is 38.9. The van der Waals surface area contributed by atoms with Crippen molar-refractivity contribution < 1.29 is 27.9 Å². The molecular formula is C22H25N3O6S. The number of aromatic carboxylic acids is 1. The molecule has 1 heterocycles. The molecule has 1 aromatic carbocycles. The zero-order valence-corrected chi connectivity index (χ0v) is 18.2. The maximum absolute atomic E-state index is 12.6. The number of hydrogen-bond acceptors (Lipinski definition) is 6. The van der Waals surface area contributed by atoms with Crippen LogP contribution in [0.3, 0.4) is 0 Å². The van der Waals surface area contributed by atoms with Crippen LogP contribution in [0.4, 0.5) is 0 Å². The molecule has 0 atom stereocenters. The molecule has 9 nitrogen and oxygen atoms in total. The Balaban J connectivity index is 1.59. The van der Waals surface area contributed by atoms with Crippen molar-refractivity contribution in [2.24, 2.45) is 5.92 Å². The van der Waals surface area contributed by atoms with E-state index in [0.29, 0.717) is 18.5 Å². The molecule has 0 radical (unpaired) electrons. The van der Waals surface area contributed by atoms with Gasteiger partial charge in [-0.05, 0) is 49.1 Å². The summed E-state index contributed by atoms with van der Waals surface area (Å²) >= 11 is 0. The molecule has 2 aromatic rings. The average Bonchev–Trinajstić information content (AvgIpc) is 2.79. The van der Waals surface area contributed by atoms with E-state index in [0.717, 1.165) is 37.9 Å². The largest absolute Gasteiger partial charge is 0.477 e. The van der Waals surface area contributed by atoms with Gasteiger partial charge in [-0.2, -0.15) is 0 Å². The fraction of sp³-hybridized carbons (Fsp3) is 0.364. The molecule has 0 aliphatic heterocycles. The Kier molecular flexibility index (Phi) is 7.57. The van der Waals surface area contributed by atoms with Crippen molar-refractivity contribution in [2.75, 3.05) is 6.54 Å². The quantitative estimate of drug-likeness (QED) is 0.549. The first-order chi connectivity index (χ1) is 15.3. The summed E-state index contributed by atoms with van der Waals surface area (Å²) < 4.78 is 27.2. The van der Waals surface area contributed by atoms with Crippen LogP contribution in [-0.4, -0.2) is 42.8 Å². The van der Waals surface area contributed by atoms with Gasteiger partial charge in [-0.3, -0.25) is 9.59 Å². The predicted octanol–water partition coefficient (Wildman–Crippen LogP) is 2.14. The number of carboxylic acid groups (broad SMARTS) is 1. The van der Waals surface area contributed by atoms with Crippen LogP contribution < -0.4 is 10.0 Å². The number of nitrogens with one attached hydrogen (secondary N) is 2. The maximum Gasteiger partial charge on any atom is 0.354 e. The van der Waals surface area contributed by atoms with Gasteiger partial charge in [-0.1, -0.05) is 31.4 Å². The van der Waals surface area contributed by atoms with E-state index in [2.05, 4.69) is 10.3 Å². The summed E-state index contributed by atoms with van der Waals surface area (Å²) in [5.41, 5.74) is 0.365. The van der Waals surface area contributed by atoms with E-state index < -0.39 is 21.9 Å². The van der Waals surface area contributed by atoms with Crippen LogP contribution in [-0.2, 0) is 21.2 Å². The third kappa shape index (κ3) is 6.13. The number of amides is 2. The lowest BCUT2D eigenvalue weighted by Gasteiger charge is -2.20. The molecule has 2 amide bonds. The van der Waals surface area contributed by atoms with Crippen LogP contribution in [0, 0.1) is 5.92 Å². The molecule has 1 aromatic heterocycles. The Morgan fingerprint density at radius 1 is 1.06 bits per heavy atom. The van der Waals surface area contributed by atoms with Gasteiger partial charge in [0.2, 0.25) is 5.91 Å². The van der Waals surface area contributed by atoms with E-state index in [9.17, 15) is 22.8 Å². The number of aromatic nitrogens is 1. The smallest absolute Gasteiger partial charge is 0.354 e. The molecule has 170 valence electrons. The van der Waals surface area contributed by atoms with Crippen molar-refractivity contribution in [2.45, 2.75) is 43.4 Å². The Labute approximate surface area is 186 Å². The van der Waals surface area contributed by atoms with Crippen LogP contribution in [0.5, 0.6) is 0 Å². The number of carbonyl (C=O) groups excluding carboxylic acids is 2. The van der Waals surface area contributed by atoms with Gasteiger partial charge in [0.05, 0.1) is 10.5 Å². The van der Waals surface area contributed by atoms with Gasteiger partial charge in [0.25, 0.3) is 15.9 Å². The number of hydrogen-bond donors (Lipinski definition) is 3. The number of sulfonamides is 1. The van der Waals surface area contributed by atoms with Crippen molar-refractivity contribution in [3.8, 4) is 0 Å². The molecule has 3 rings (SSSR count). The van der Waals surface area contributed by atoms with Crippen molar-refractivity contribution in [1.82, 2.24) is 15.0 Å². The number of pyridine rings is 1. The normalized spacial score (nSPS) is 14.5. The predicted molar refractivity (Wildman–Crippen MR) is 116 cm³/mol. The van der Waals surface area contributed by atoms with Gasteiger partial charge in [0, 0.05) is 18.7 Å². The molecule has 10 heteroatoms. The highest BCUT2D eigenvalue weighted by atomic mass is 32.2. The zero-order valence-electron chi connectivity index (χ0n) is 17.4. The van der Waals surface area contributed by atoms with Crippen molar-refractivity contribution in [3.63, 3.8) is 0 Å². The lowest BCUT2D eigenvalue weighted by atomic mass is 9.88. The Hall–Kier alpha value is -3.27. The first kappa shape index (κ1) is 23.4. The van der Waals surface area contributed by atoms with Crippen LogP contribution in [0.25, 0.3) is 0 Å². The number of carboxylic acids is 1. The molecule has 1 aliphatic rings. The van der Waals surface area contributed by atoms with Crippen LogP contribution >= 0.6 is 0 Å². The summed E-state index contributed by atoms with van der Waals surface area (Å²) in [6.07, 6.45) is 6.59. The number of rotatable bonds is 8. The maximum atomic E-state index is 12.6. The molecule has 32 heavy (non-hydrogen) atoms. The fourth-order valence-electron chi connectivity index (χ4n) is 3.60. The standard InChI is InChI=1S/C22H25N3O6S/c26-20(16-6-2-1-3-7-16)23-12-11-15-5-4-8-18(13-15)32(30,31)25-21(27)17-9-10-19(22(28)29)24-14-17/h4-5,8-10,13-14,16H,1-3,6-7,11-12H2,(H,23,26)(H,25,27)(H,28,29). The van der Waals surface area contributed by atoms with Gasteiger partial charge in [-0.15, -0.1) is 0 Å². The Morgan fingerprint density at radius 2 is 1.81 bits per heavy atom. The average molecular weight is 460 g/mol. The second kappa shape index (κ2) is 10.4.